The zero-order valence-electron chi connectivity index (χ0n) is 11.8. The van der Waals surface area contributed by atoms with E-state index in [1.54, 1.807) is 0 Å². The molecular weight excluding hydrogens is 242 g/mol. The summed E-state index contributed by atoms with van der Waals surface area (Å²) in [5.41, 5.74) is 1.35. The van der Waals surface area contributed by atoms with Gasteiger partial charge in [0.15, 0.2) is 0 Å². The molecular formula is C14H25N3S. The lowest BCUT2D eigenvalue weighted by Gasteiger charge is -2.34. The third-order valence-corrected chi connectivity index (χ3v) is 5.40. The maximum Gasteiger partial charge on any atom is 0.0638 e. The van der Waals surface area contributed by atoms with Gasteiger partial charge in [0, 0.05) is 17.5 Å². The lowest BCUT2D eigenvalue weighted by molar-refractivity contribution is 0.387. The summed E-state index contributed by atoms with van der Waals surface area (Å²) in [7, 11) is 0. The molecule has 18 heavy (non-hydrogen) atoms. The SMILES string of the molecule is CCCNC(c1ccnn1CC)C1(C)CCCS1. The quantitative estimate of drug-likeness (QED) is 0.858. The molecule has 1 aliphatic rings. The second-order valence-corrected chi connectivity index (χ2v) is 6.85. The van der Waals surface area contributed by atoms with Gasteiger partial charge < -0.3 is 5.32 Å². The molecule has 1 N–H and O–H groups in total. The van der Waals surface area contributed by atoms with Gasteiger partial charge in [0.05, 0.1) is 11.7 Å². The summed E-state index contributed by atoms with van der Waals surface area (Å²) in [5.74, 6) is 1.29. The van der Waals surface area contributed by atoms with Crippen molar-refractivity contribution in [3.05, 3.63) is 18.0 Å². The first kappa shape index (κ1) is 13.9. The largest absolute Gasteiger partial charge is 0.308 e. The summed E-state index contributed by atoms with van der Waals surface area (Å²) in [6, 6.07) is 2.61. The Morgan fingerprint density at radius 1 is 1.56 bits per heavy atom. The van der Waals surface area contributed by atoms with Crippen molar-refractivity contribution in [3.63, 3.8) is 0 Å². The van der Waals surface area contributed by atoms with E-state index in [0.717, 1.165) is 13.1 Å². The van der Waals surface area contributed by atoms with E-state index in [1.165, 1.54) is 30.7 Å². The highest BCUT2D eigenvalue weighted by molar-refractivity contribution is 8.00. The highest BCUT2D eigenvalue weighted by Gasteiger charge is 2.39. The summed E-state index contributed by atoms with van der Waals surface area (Å²) >= 11 is 2.12. The lowest BCUT2D eigenvalue weighted by Crippen LogP contribution is -2.39. The van der Waals surface area contributed by atoms with E-state index in [9.17, 15) is 0 Å². The van der Waals surface area contributed by atoms with Crippen LogP contribution in [-0.4, -0.2) is 26.8 Å². The maximum atomic E-state index is 4.43. The molecule has 2 unspecified atom stereocenters. The van der Waals surface area contributed by atoms with Crippen LogP contribution in [0.5, 0.6) is 0 Å². The molecule has 0 bridgehead atoms. The van der Waals surface area contributed by atoms with Crippen molar-refractivity contribution in [2.75, 3.05) is 12.3 Å². The molecule has 0 spiro atoms. The van der Waals surface area contributed by atoms with Crippen molar-refractivity contribution >= 4 is 11.8 Å². The zero-order valence-corrected chi connectivity index (χ0v) is 12.6. The highest BCUT2D eigenvalue weighted by atomic mass is 32.2. The molecule has 0 aromatic carbocycles. The van der Waals surface area contributed by atoms with Gasteiger partial charge in [-0.05, 0) is 51.5 Å². The van der Waals surface area contributed by atoms with E-state index in [1.807, 2.05) is 6.20 Å². The predicted molar refractivity (Wildman–Crippen MR) is 79.0 cm³/mol. The van der Waals surface area contributed by atoms with Crippen LogP contribution in [0.2, 0.25) is 0 Å². The molecule has 1 aliphatic heterocycles. The third-order valence-electron chi connectivity index (χ3n) is 3.80. The fourth-order valence-corrected chi connectivity index (χ4v) is 4.22. The Balaban J connectivity index is 2.24. The third kappa shape index (κ3) is 2.75. The minimum Gasteiger partial charge on any atom is -0.308 e. The monoisotopic (exact) mass is 267 g/mol. The number of nitrogens with zero attached hydrogens (tertiary/aromatic N) is 2. The summed E-state index contributed by atoms with van der Waals surface area (Å²) < 4.78 is 2.46. The van der Waals surface area contributed by atoms with Crippen molar-refractivity contribution in [1.82, 2.24) is 15.1 Å². The van der Waals surface area contributed by atoms with Crippen LogP contribution in [-0.2, 0) is 6.54 Å². The van der Waals surface area contributed by atoms with Gasteiger partial charge in [-0.15, -0.1) is 0 Å². The number of aryl methyl sites for hydroxylation is 1. The van der Waals surface area contributed by atoms with Gasteiger partial charge in [0.2, 0.25) is 0 Å². The molecule has 1 fully saturated rings. The van der Waals surface area contributed by atoms with E-state index in [2.05, 4.69) is 53.7 Å². The molecule has 2 atom stereocenters. The minimum absolute atomic E-state index is 0.322. The second kappa shape index (κ2) is 6.11. The van der Waals surface area contributed by atoms with Gasteiger partial charge in [-0.25, -0.2) is 0 Å². The van der Waals surface area contributed by atoms with Crippen LogP contribution in [0.3, 0.4) is 0 Å². The summed E-state index contributed by atoms with van der Waals surface area (Å²) in [6.45, 7) is 8.83. The van der Waals surface area contributed by atoms with Gasteiger partial charge in [-0.3, -0.25) is 4.68 Å². The predicted octanol–water partition coefficient (Wildman–Crippen LogP) is 3.23. The van der Waals surface area contributed by atoms with Crippen molar-refractivity contribution in [1.29, 1.82) is 0 Å². The van der Waals surface area contributed by atoms with Crippen LogP contribution in [0.4, 0.5) is 0 Å². The molecule has 2 heterocycles. The number of hydrogen-bond donors (Lipinski definition) is 1. The molecule has 0 aliphatic carbocycles. The second-order valence-electron chi connectivity index (χ2n) is 5.22. The van der Waals surface area contributed by atoms with Crippen LogP contribution in [0, 0.1) is 0 Å². The Kier molecular flexibility index (Phi) is 4.73. The van der Waals surface area contributed by atoms with Gasteiger partial charge in [0.1, 0.15) is 0 Å². The highest BCUT2D eigenvalue weighted by Crippen LogP contribution is 2.46. The van der Waals surface area contributed by atoms with Crippen LogP contribution in [0.25, 0.3) is 0 Å². The van der Waals surface area contributed by atoms with Crippen molar-refractivity contribution in [3.8, 4) is 0 Å². The Bertz CT molecular complexity index is 369. The Morgan fingerprint density at radius 2 is 2.39 bits per heavy atom. The average molecular weight is 267 g/mol. The summed E-state index contributed by atoms with van der Waals surface area (Å²) in [6.07, 6.45) is 5.75. The smallest absolute Gasteiger partial charge is 0.0638 e. The van der Waals surface area contributed by atoms with E-state index in [-0.39, 0.29) is 0 Å². The summed E-state index contributed by atoms with van der Waals surface area (Å²) in [4.78, 5) is 0. The number of hydrogen-bond acceptors (Lipinski definition) is 3. The normalized spacial score (nSPS) is 25.5. The number of thioether (sulfide) groups is 1. The number of nitrogens with one attached hydrogen (secondary N) is 1. The standard InChI is InChI=1S/C14H25N3S/c1-4-9-15-13(14(3)8-6-11-18-14)12-7-10-16-17(12)5-2/h7,10,13,15H,4-6,8-9,11H2,1-3H3. The van der Waals surface area contributed by atoms with Gasteiger partial charge in [-0.2, -0.15) is 16.9 Å². The topological polar surface area (TPSA) is 29.9 Å². The van der Waals surface area contributed by atoms with E-state index in [4.69, 9.17) is 0 Å². The number of rotatable bonds is 6. The van der Waals surface area contributed by atoms with E-state index < -0.39 is 0 Å². The first-order valence-corrected chi connectivity index (χ1v) is 8.09. The average Bonchev–Trinajstić information content (AvgIpc) is 2.99. The number of aromatic nitrogens is 2. The van der Waals surface area contributed by atoms with Crippen LogP contribution < -0.4 is 5.32 Å². The molecule has 1 aromatic rings. The van der Waals surface area contributed by atoms with Gasteiger partial charge >= 0.3 is 0 Å². The molecule has 4 heteroatoms. The van der Waals surface area contributed by atoms with Crippen molar-refractivity contribution in [2.45, 2.75) is 57.4 Å². The van der Waals surface area contributed by atoms with Crippen molar-refractivity contribution in [2.24, 2.45) is 0 Å². The minimum atomic E-state index is 0.322. The Morgan fingerprint density at radius 3 is 3.00 bits per heavy atom. The molecule has 0 saturated carbocycles. The molecule has 0 radical (unpaired) electrons. The molecule has 1 aromatic heterocycles. The van der Waals surface area contributed by atoms with Gasteiger partial charge in [-0.1, -0.05) is 6.92 Å². The lowest BCUT2D eigenvalue weighted by atomic mass is 9.93. The molecule has 0 amide bonds. The van der Waals surface area contributed by atoms with Crippen molar-refractivity contribution < 1.29 is 0 Å². The fourth-order valence-electron chi connectivity index (χ4n) is 2.80. The van der Waals surface area contributed by atoms with E-state index in [0.29, 0.717) is 10.8 Å². The zero-order chi connectivity index (χ0) is 13.0. The van der Waals surface area contributed by atoms with E-state index >= 15 is 0 Å². The molecule has 3 nitrogen and oxygen atoms in total. The first-order chi connectivity index (χ1) is 8.71. The maximum absolute atomic E-state index is 4.43. The van der Waals surface area contributed by atoms with Gasteiger partial charge in [0.25, 0.3) is 0 Å². The first-order valence-electron chi connectivity index (χ1n) is 7.10. The Labute approximate surface area is 115 Å². The summed E-state index contributed by atoms with van der Waals surface area (Å²) in [5, 5.41) is 8.18. The molecule has 2 rings (SSSR count). The van der Waals surface area contributed by atoms with Crippen LogP contribution in [0.1, 0.15) is 51.8 Å². The molecule has 1 saturated heterocycles. The Hall–Kier alpha value is -0.480. The molecule has 102 valence electrons. The van der Waals surface area contributed by atoms with Crippen LogP contribution >= 0.6 is 11.8 Å². The fraction of sp³-hybridized carbons (Fsp3) is 0.786. The van der Waals surface area contributed by atoms with Crippen LogP contribution in [0.15, 0.2) is 12.3 Å².